The molecule has 2 unspecified atom stereocenters. The smallest absolute Gasteiger partial charge is 0.229 e. The Balaban J connectivity index is 2.01. The molecular formula is C16H23N3O. The summed E-state index contributed by atoms with van der Waals surface area (Å²) in [7, 11) is 0. The minimum Gasteiger partial charge on any atom is -0.339 e. The maximum atomic E-state index is 5.76. The summed E-state index contributed by atoms with van der Waals surface area (Å²) in [6.07, 6.45) is 3.14. The van der Waals surface area contributed by atoms with Crippen LogP contribution in [0, 0.1) is 6.92 Å². The molecule has 108 valence electrons. The van der Waals surface area contributed by atoms with Crippen molar-refractivity contribution in [2.24, 2.45) is 5.73 Å². The molecular weight excluding hydrogens is 250 g/mol. The van der Waals surface area contributed by atoms with Crippen LogP contribution in [-0.2, 0) is 0 Å². The summed E-state index contributed by atoms with van der Waals surface area (Å²) in [5.41, 5.74) is 7.96. The first-order valence-corrected chi connectivity index (χ1v) is 7.22. The molecule has 0 aliphatic heterocycles. The van der Waals surface area contributed by atoms with Gasteiger partial charge in [-0.2, -0.15) is 4.98 Å². The minimum absolute atomic E-state index is 0.257. The third-order valence-corrected chi connectivity index (χ3v) is 3.44. The van der Waals surface area contributed by atoms with Gasteiger partial charge in [-0.05, 0) is 32.8 Å². The van der Waals surface area contributed by atoms with E-state index in [0.717, 1.165) is 24.8 Å². The first-order valence-electron chi connectivity index (χ1n) is 7.22. The molecule has 0 aliphatic carbocycles. The molecule has 1 heterocycles. The van der Waals surface area contributed by atoms with Gasteiger partial charge in [0.05, 0.1) is 0 Å². The van der Waals surface area contributed by atoms with E-state index in [1.165, 1.54) is 5.56 Å². The molecule has 4 nitrogen and oxygen atoms in total. The van der Waals surface area contributed by atoms with Gasteiger partial charge in [-0.25, -0.2) is 0 Å². The topological polar surface area (TPSA) is 64.9 Å². The molecule has 0 spiro atoms. The monoisotopic (exact) mass is 273 g/mol. The van der Waals surface area contributed by atoms with E-state index in [0.29, 0.717) is 11.7 Å². The Hall–Kier alpha value is -1.68. The fourth-order valence-corrected chi connectivity index (χ4v) is 2.21. The number of nitrogens with zero attached hydrogens (tertiary/aromatic N) is 2. The van der Waals surface area contributed by atoms with Crippen LogP contribution in [0.1, 0.15) is 50.5 Å². The summed E-state index contributed by atoms with van der Waals surface area (Å²) in [4.78, 5) is 4.51. The molecule has 1 aromatic carbocycles. The van der Waals surface area contributed by atoms with Crippen LogP contribution in [0.5, 0.6) is 0 Å². The Morgan fingerprint density at radius 2 is 2.05 bits per heavy atom. The van der Waals surface area contributed by atoms with Crippen LogP contribution in [0.3, 0.4) is 0 Å². The van der Waals surface area contributed by atoms with E-state index < -0.39 is 0 Å². The number of aromatic nitrogens is 2. The number of aryl methyl sites for hydroxylation is 1. The van der Waals surface area contributed by atoms with E-state index in [-0.39, 0.29) is 12.0 Å². The molecule has 0 aliphatic rings. The zero-order valence-electron chi connectivity index (χ0n) is 12.5. The van der Waals surface area contributed by atoms with Crippen LogP contribution < -0.4 is 5.73 Å². The molecule has 2 atom stereocenters. The van der Waals surface area contributed by atoms with Gasteiger partial charge in [-0.3, -0.25) is 0 Å². The number of hydrogen-bond acceptors (Lipinski definition) is 4. The van der Waals surface area contributed by atoms with Crippen LogP contribution in [0.2, 0.25) is 0 Å². The Kier molecular flexibility index (Phi) is 4.90. The van der Waals surface area contributed by atoms with Crippen molar-refractivity contribution in [3.05, 3.63) is 35.7 Å². The predicted octanol–water partition coefficient (Wildman–Crippen LogP) is 3.67. The molecule has 0 bridgehead atoms. The summed E-state index contributed by atoms with van der Waals surface area (Å²) < 4.78 is 5.39. The molecule has 0 fully saturated rings. The van der Waals surface area contributed by atoms with E-state index in [9.17, 15) is 0 Å². The minimum atomic E-state index is 0.257. The van der Waals surface area contributed by atoms with Crippen LogP contribution in [-0.4, -0.2) is 16.2 Å². The zero-order chi connectivity index (χ0) is 14.5. The average molecular weight is 273 g/mol. The third kappa shape index (κ3) is 3.90. The summed E-state index contributed by atoms with van der Waals surface area (Å²) in [6.45, 7) is 6.21. The quantitative estimate of drug-likeness (QED) is 0.872. The second-order valence-electron chi connectivity index (χ2n) is 5.63. The maximum absolute atomic E-state index is 5.76. The van der Waals surface area contributed by atoms with Gasteiger partial charge in [0, 0.05) is 17.5 Å². The third-order valence-electron chi connectivity index (χ3n) is 3.44. The summed E-state index contributed by atoms with van der Waals surface area (Å²) in [5, 5.41) is 4.08. The van der Waals surface area contributed by atoms with Crippen LogP contribution in [0.25, 0.3) is 11.4 Å². The van der Waals surface area contributed by atoms with E-state index >= 15 is 0 Å². The fraction of sp³-hybridized carbons (Fsp3) is 0.500. The summed E-state index contributed by atoms with van der Waals surface area (Å²) in [5.74, 6) is 1.66. The average Bonchev–Trinajstić information content (AvgIpc) is 2.87. The van der Waals surface area contributed by atoms with Crippen LogP contribution >= 0.6 is 0 Å². The van der Waals surface area contributed by atoms with E-state index in [1.54, 1.807) is 0 Å². The van der Waals surface area contributed by atoms with Gasteiger partial charge < -0.3 is 10.3 Å². The molecule has 2 rings (SSSR count). The Morgan fingerprint density at radius 1 is 1.25 bits per heavy atom. The highest BCUT2D eigenvalue weighted by Gasteiger charge is 2.15. The molecule has 4 heteroatoms. The van der Waals surface area contributed by atoms with Crippen molar-refractivity contribution in [1.82, 2.24) is 10.1 Å². The van der Waals surface area contributed by atoms with Crippen molar-refractivity contribution in [3.63, 3.8) is 0 Å². The molecule has 2 aromatic rings. The van der Waals surface area contributed by atoms with Gasteiger partial charge in [0.1, 0.15) is 0 Å². The van der Waals surface area contributed by atoms with Crippen LogP contribution in [0.4, 0.5) is 0 Å². The lowest BCUT2D eigenvalue weighted by Gasteiger charge is -2.07. The molecule has 0 radical (unpaired) electrons. The lowest BCUT2D eigenvalue weighted by molar-refractivity contribution is 0.350. The van der Waals surface area contributed by atoms with Crippen molar-refractivity contribution >= 4 is 0 Å². The lowest BCUT2D eigenvalue weighted by Crippen LogP contribution is -2.14. The van der Waals surface area contributed by atoms with Gasteiger partial charge >= 0.3 is 0 Å². The van der Waals surface area contributed by atoms with Gasteiger partial charge in [0.15, 0.2) is 0 Å². The SMILES string of the molecule is Cc1cccc(-c2noc(C(C)CCCC(C)N)n2)c1. The van der Waals surface area contributed by atoms with Crippen molar-refractivity contribution in [1.29, 1.82) is 0 Å². The second kappa shape index (κ2) is 6.66. The number of benzene rings is 1. The van der Waals surface area contributed by atoms with Gasteiger partial charge in [0.25, 0.3) is 0 Å². The first-order chi connectivity index (χ1) is 9.56. The van der Waals surface area contributed by atoms with E-state index in [2.05, 4.69) is 36.1 Å². The zero-order valence-corrected chi connectivity index (χ0v) is 12.5. The highest BCUT2D eigenvalue weighted by Crippen LogP contribution is 2.23. The van der Waals surface area contributed by atoms with Crippen molar-refractivity contribution < 1.29 is 4.52 Å². The molecule has 20 heavy (non-hydrogen) atoms. The van der Waals surface area contributed by atoms with Gasteiger partial charge in [-0.15, -0.1) is 0 Å². The largest absolute Gasteiger partial charge is 0.339 e. The first kappa shape index (κ1) is 14.7. The highest BCUT2D eigenvalue weighted by molar-refractivity contribution is 5.55. The predicted molar refractivity (Wildman–Crippen MR) is 80.4 cm³/mol. The Bertz CT molecular complexity index is 548. The Labute approximate surface area is 120 Å². The molecule has 1 aromatic heterocycles. The van der Waals surface area contributed by atoms with Crippen LogP contribution in [0.15, 0.2) is 28.8 Å². The van der Waals surface area contributed by atoms with Gasteiger partial charge in [-0.1, -0.05) is 42.3 Å². The number of rotatable bonds is 6. The number of hydrogen-bond donors (Lipinski definition) is 1. The molecule has 0 saturated heterocycles. The fourth-order valence-electron chi connectivity index (χ4n) is 2.21. The molecule has 2 N–H and O–H groups in total. The highest BCUT2D eigenvalue weighted by atomic mass is 16.5. The van der Waals surface area contributed by atoms with E-state index in [1.807, 2.05) is 19.1 Å². The Morgan fingerprint density at radius 3 is 2.75 bits per heavy atom. The standard InChI is InChI=1S/C16H23N3O/c1-11-6-4-9-14(10-11)15-18-16(20-19-15)12(2)7-5-8-13(3)17/h4,6,9-10,12-13H,5,7-8,17H2,1-3H3. The second-order valence-corrected chi connectivity index (χ2v) is 5.63. The molecule has 0 amide bonds. The van der Waals surface area contributed by atoms with Crippen molar-refractivity contribution in [2.45, 2.75) is 52.0 Å². The van der Waals surface area contributed by atoms with Gasteiger partial charge in [0.2, 0.25) is 11.7 Å². The van der Waals surface area contributed by atoms with E-state index in [4.69, 9.17) is 10.3 Å². The normalized spacial score (nSPS) is 14.2. The molecule has 0 saturated carbocycles. The summed E-state index contributed by atoms with van der Waals surface area (Å²) >= 11 is 0. The van der Waals surface area contributed by atoms with Crippen molar-refractivity contribution in [2.75, 3.05) is 0 Å². The number of nitrogens with two attached hydrogens (primary N) is 1. The maximum Gasteiger partial charge on any atom is 0.229 e. The van der Waals surface area contributed by atoms with Crippen molar-refractivity contribution in [3.8, 4) is 11.4 Å². The summed E-state index contributed by atoms with van der Waals surface area (Å²) in [6, 6.07) is 8.39. The lowest BCUT2D eigenvalue weighted by atomic mass is 10.0.